The predicted molar refractivity (Wildman–Crippen MR) is 66.0 cm³/mol. The molecule has 1 N–H and O–H groups in total. The van der Waals surface area contributed by atoms with E-state index in [1.54, 1.807) is 16.9 Å². The predicted octanol–water partition coefficient (Wildman–Crippen LogP) is 1.78. The molecule has 74 valence electrons. The van der Waals surface area contributed by atoms with E-state index >= 15 is 0 Å². The van der Waals surface area contributed by atoms with Crippen molar-refractivity contribution >= 4 is 39.1 Å². The summed E-state index contributed by atoms with van der Waals surface area (Å²) in [4.78, 5) is 18.4. The largest absolute Gasteiger partial charge is 0.319 e. The molecule has 4 nitrogen and oxygen atoms in total. The molecule has 3 rings (SSSR count). The zero-order valence-corrected chi connectivity index (χ0v) is 9.72. The summed E-state index contributed by atoms with van der Waals surface area (Å²) in [5.74, 6) is 0. The van der Waals surface area contributed by atoms with Crippen LogP contribution in [0.1, 0.15) is 0 Å². The topological polar surface area (TPSA) is 50.2 Å². The van der Waals surface area contributed by atoms with Gasteiger partial charge in [-0.2, -0.15) is 0 Å². The summed E-state index contributed by atoms with van der Waals surface area (Å²) in [6.07, 6.45) is 3.22. The first kappa shape index (κ1) is 8.90. The SMILES string of the molecule is O=c1[nH]c2ccc(I)cc2n2cncc12. The minimum absolute atomic E-state index is 0.110. The maximum Gasteiger partial charge on any atom is 0.274 e. The van der Waals surface area contributed by atoms with Gasteiger partial charge in [-0.25, -0.2) is 4.98 Å². The monoisotopic (exact) mass is 311 g/mol. The van der Waals surface area contributed by atoms with Crippen LogP contribution in [-0.2, 0) is 0 Å². The van der Waals surface area contributed by atoms with Gasteiger partial charge in [-0.1, -0.05) is 0 Å². The summed E-state index contributed by atoms with van der Waals surface area (Å²) < 4.78 is 2.93. The standard InChI is InChI=1S/C10H6IN3O/c11-6-1-2-7-8(3-6)14-5-12-4-9(14)10(15)13-7/h1-5H,(H,13,15). The highest BCUT2D eigenvalue weighted by Crippen LogP contribution is 2.15. The number of H-pyrrole nitrogens is 1. The van der Waals surface area contributed by atoms with Crippen molar-refractivity contribution in [2.24, 2.45) is 0 Å². The normalized spacial score (nSPS) is 11.3. The van der Waals surface area contributed by atoms with E-state index in [0.717, 1.165) is 14.6 Å². The first-order valence-corrected chi connectivity index (χ1v) is 5.47. The van der Waals surface area contributed by atoms with Crippen LogP contribution in [0.5, 0.6) is 0 Å². The molecule has 3 aromatic rings. The first-order valence-electron chi connectivity index (χ1n) is 4.39. The lowest BCUT2D eigenvalue weighted by molar-refractivity contribution is 1.16. The minimum Gasteiger partial charge on any atom is -0.319 e. The van der Waals surface area contributed by atoms with Gasteiger partial charge in [0.1, 0.15) is 5.52 Å². The van der Waals surface area contributed by atoms with Gasteiger partial charge in [0.15, 0.2) is 0 Å². The van der Waals surface area contributed by atoms with Crippen LogP contribution in [0.4, 0.5) is 0 Å². The summed E-state index contributed by atoms with van der Waals surface area (Å²) in [6, 6.07) is 5.88. The molecule has 0 saturated carbocycles. The van der Waals surface area contributed by atoms with Gasteiger partial charge >= 0.3 is 0 Å². The Kier molecular flexibility index (Phi) is 1.82. The molecule has 0 aliphatic carbocycles. The molecule has 0 bridgehead atoms. The van der Waals surface area contributed by atoms with Gasteiger partial charge in [0.2, 0.25) is 0 Å². The van der Waals surface area contributed by atoms with Crippen molar-refractivity contribution in [2.45, 2.75) is 0 Å². The third kappa shape index (κ3) is 1.26. The van der Waals surface area contributed by atoms with Crippen LogP contribution >= 0.6 is 22.6 Å². The lowest BCUT2D eigenvalue weighted by Gasteiger charge is -2.01. The van der Waals surface area contributed by atoms with Crippen molar-refractivity contribution in [3.05, 3.63) is 44.6 Å². The van der Waals surface area contributed by atoms with Crippen LogP contribution in [-0.4, -0.2) is 14.4 Å². The highest BCUT2D eigenvalue weighted by atomic mass is 127. The average Bonchev–Trinajstić information content (AvgIpc) is 2.69. The van der Waals surface area contributed by atoms with Crippen molar-refractivity contribution in [1.29, 1.82) is 0 Å². The number of benzene rings is 1. The molecule has 1 aromatic carbocycles. The number of rotatable bonds is 0. The van der Waals surface area contributed by atoms with Crippen molar-refractivity contribution in [1.82, 2.24) is 14.4 Å². The Morgan fingerprint density at radius 2 is 2.20 bits per heavy atom. The van der Waals surface area contributed by atoms with Gasteiger partial charge in [0.25, 0.3) is 5.56 Å². The zero-order valence-electron chi connectivity index (χ0n) is 7.57. The van der Waals surface area contributed by atoms with E-state index in [0.29, 0.717) is 5.52 Å². The summed E-state index contributed by atoms with van der Waals surface area (Å²) in [5, 5.41) is 0. The van der Waals surface area contributed by atoms with Crippen molar-refractivity contribution in [2.75, 3.05) is 0 Å². The van der Waals surface area contributed by atoms with E-state index in [-0.39, 0.29) is 5.56 Å². The lowest BCUT2D eigenvalue weighted by Crippen LogP contribution is -2.09. The fraction of sp³-hybridized carbons (Fsp3) is 0. The summed E-state index contributed by atoms with van der Waals surface area (Å²) in [6.45, 7) is 0. The van der Waals surface area contributed by atoms with Crippen LogP contribution in [0.15, 0.2) is 35.5 Å². The number of halogens is 1. The Balaban J connectivity index is 2.67. The second-order valence-corrected chi connectivity index (χ2v) is 4.51. The number of fused-ring (bicyclic) bond motifs is 3. The minimum atomic E-state index is -0.110. The molecule has 2 heterocycles. The highest BCUT2D eigenvalue weighted by molar-refractivity contribution is 14.1. The third-order valence-corrected chi connectivity index (χ3v) is 3.01. The van der Waals surface area contributed by atoms with E-state index in [2.05, 4.69) is 32.6 Å². The van der Waals surface area contributed by atoms with Crippen LogP contribution < -0.4 is 5.56 Å². The van der Waals surface area contributed by atoms with E-state index in [1.807, 2.05) is 18.2 Å². The van der Waals surface area contributed by atoms with Gasteiger partial charge in [0.05, 0.1) is 23.6 Å². The molecular formula is C10H6IN3O. The zero-order chi connectivity index (χ0) is 10.4. The molecular weight excluding hydrogens is 305 g/mol. The van der Waals surface area contributed by atoms with Gasteiger partial charge < -0.3 is 4.98 Å². The number of nitrogens with one attached hydrogen (secondary N) is 1. The summed E-state index contributed by atoms with van der Waals surface area (Å²) in [7, 11) is 0. The highest BCUT2D eigenvalue weighted by Gasteiger charge is 2.04. The molecule has 0 saturated heterocycles. The number of imidazole rings is 1. The fourth-order valence-corrected chi connectivity index (χ4v) is 2.13. The smallest absolute Gasteiger partial charge is 0.274 e. The van der Waals surface area contributed by atoms with Crippen LogP contribution in [0.25, 0.3) is 16.6 Å². The molecule has 0 aliphatic heterocycles. The van der Waals surface area contributed by atoms with Crippen LogP contribution in [0, 0.1) is 3.57 Å². The summed E-state index contributed by atoms with van der Waals surface area (Å²) >= 11 is 2.24. The second-order valence-electron chi connectivity index (χ2n) is 3.26. The Bertz CT molecular complexity index is 713. The number of aromatic nitrogens is 3. The fourth-order valence-electron chi connectivity index (χ4n) is 1.65. The Labute approximate surface area is 98.1 Å². The molecule has 5 heteroatoms. The maximum absolute atomic E-state index is 11.6. The second kappa shape index (κ2) is 3.06. The molecule has 15 heavy (non-hydrogen) atoms. The lowest BCUT2D eigenvalue weighted by atomic mass is 10.3. The Morgan fingerprint density at radius 3 is 3.07 bits per heavy atom. The molecule has 0 radical (unpaired) electrons. The van der Waals surface area contributed by atoms with Crippen molar-refractivity contribution < 1.29 is 0 Å². The summed E-state index contributed by atoms with van der Waals surface area (Å²) in [5.41, 5.74) is 2.26. The molecule has 0 amide bonds. The average molecular weight is 311 g/mol. The van der Waals surface area contributed by atoms with E-state index in [4.69, 9.17) is 0 Å². The molecule has 0 aliphatic rings. The Hall–Kier alpha value is -1.37. The molecule has 0 fully saturated rings. The number of nitrogens with zero attached hydrogens (tertiary/aromatic N) is 2. The number of hydrogen-bond donors (Lipinski definition) is 1. The molecule has 0 unspecified atom stereocenters. The van der Waals surface area contributed by atoms with Gasteiger partial charge in [-0.05, 0) is 40.8 Å². The first-order chi connectivity index (χ1) is 7.25. The van der Waals surface area contributed by atoms with E-state index in [9.17, 15) is 4.79 Å². The van der Waals surface area contributed by atoms with E-state index in [1.165, 1.54) is 0 Å². The van der Waals surface area contributed by atoms with E-state index < -0.39 is 0 Å². The number of hydrogen-bond acceptors (Lipinski definition) is 2. The van der Waals surface area contributed by atoms with Gasteiger partial charge in [-0.15, -0.1) is 0 Å². The molecule has 0 spiro atoms. The van der Waals surface area contributed by atoms with Crippen LogP contribution in [0.2, 0.25) is 0 Å². The van der Waals surface area contributed by atoms with Crippen molar-refractivity contribution in [3.8, 4) is 0 Å². The van der Waals surface area contributed by atoms with Gasteiger partial charge in [0, 0.05) is 3.57 Å². The third-order valence-electron chi connectivity index (χ3n) is 2.34. The number of aromatic amines is 1. The van der Waals surface area contributed by atoms with Crippen molar-refractivity contribution in [3.63, 3.8) is 0 Å². The molecule has 2 aromatic heterocycles. The quantitative estimate of drug-likeness (QED) is 0.644. The Morgan fingerprint density at radius 1 is 1.33 bits per heavy atom. The van der Waals surface area contributed by atoms with Crippen LogP contribution in [0.3, 0.4) is 0 Å². The molecule has 0 atom stereocenters. The van der Waals surface area contributed by atoms with Gasteiger partial charge in [-0.3, -0.25) is 9.20 Å². The maximum atomic E-state index is 11.6.